The zero-order valence-electron chi connectivity index (χ0n) is 10.4. The highest BCUT2D eigenvalue weighted by Gasteiger charge is 2.16. The summed E-state index contributed by atoms with van der Waals surface area (Å²) in [7, 11) is 0. The maximum absolute atomic E-state index is 5.79. The third kappa shape index (κ3) is 2.54. The molecule has 0 saturated heterocycles. The Kier molecular flexibility index (Phi) is 3.30. The van der Waals surface area contributed by atoms with Crippen LogP contribution in [-0.2, 0) is 13.1 Å². The van der Waals surface area contributed by atoms with Crippen LogP contribution in [0.25, 0.3) is 0 Å². The first kappa shape index (κ1) is 11.7. The van der Waals surface area contributed by atoms with Crippen LogP contribution < -0.4 is 4.74 Å². The second kappa shape index (κ2) is 5.08. The summed E-state index contributed by atoms with van der Waals surface area (Å²) < 4.78 is 5.79. The molecule has 18 heavy (non-hydrogen) atoms. The first-order chi connectivity index (χ1) is 8.81. The molecule has 94 valence electrons. The molecule has 0 N–H and O–H groups in total. The molecular formula is C14H16N2OS. The molecule has 0 atom stereocenters. The van der Waals surface area contributed by atoms with Gasteiger partial charge in [0.05, 0.1) is 11.2 Å². The standard InChI is InChI=1S/C14H16N2OS/c1-11-2-3-14-12(6-11)7-16(4-5-17-14)8-13-9-18-10-15-13/h2-3,6,9-10H,4-5,7-8H2,1H3. The summed E-state index contributed by atoms with van der Waals surface area (Å²) in [5.41, 5.74) is 5.61. The molecule has 2 aromatic rings. The van der Waals surface area contributed by atoms with E-state index in [0.717, 1.165) is 37.7 Å². The number of aryl methyl sites for hydroxylation is 1. The zero-order valence-corrected chi connectivity index (χ0v) is 11.2. The van der Waals surface area contributed by atoms with Crippen molar-refractivity contribution in [2.45, 2.75) is 20.0 Å². The van der Waals surface area contributed by atoms with Crippen LogP contribution >= 0.6 is 11.3 Å². The molecule has 2 heterocycles. The molecule has 0 amide bonds. The molecule has 1 aliphatic rings. The Hall–Kier alpha value is -1.39. The first-order valence-electron chi connectivity index (χ1n) is 6.13. The summed E-state index contributed by atoms with van der Waals surface area (Å²) in [6.45, 7) is 5.66. The molecule has 0 unspecified atom stereocenters. The highest BCUT2D eigenvalue weighted by Crippen LogP contribution is 2.24. The molecule has 1 aromatic carbocycles. The fraction of sp³-hybridized carbons (Fsp3) is 0.357. The van der Waals surface area contributed by atoms with Gasteiger partial charge in [-0.2, -0.15) is 0 Å². The summed E-state index contributed by atoms with van der Waals surface area (Å²) in [6.07, 6.45) is 0. The van der Waals surface area contributed by atoms with E-state index in [4.69, 9.17) is 4.74 Å². The van der Waals surface area contributed by atoms with Crippen molar-refractivity contribution in [3.8, 4) is 5.75 Å². The van der Waals surface area contributed by atoms with Crippen molar-refractivity contribution in [3.63, 3.8) is 0 Å². The van der Waals surface area contributed by atoms with Crippen molar-refractivity contribution in [3.05, 3.63) is 45.9 Å². The Morgan fingerprint density at radius 1 is 1.44 bits per heavy atom. The van der Waals surface area contributed by atoms with Crippen molar-refractivity contribution in [1.29, 1.82) is 0 Å². The van der Waals surface area contributed by atoms with Crippen molar-refractivity contribution in [2.24, 2.45) is 0 Å². The highest BCUT2D eigenvalue weighted by molar-refractivity contribution is 7.07. The van der Waals surface area contributed by atoms with Gasteiger partial charge in [0.1, 0.15) is 12.4 Å². The van der Waals surface area contributed by atoms with E-state index >= 15 is 0 Å². The average molecular weight is 260 g/mol. The Bertz CT molecular complexity index is 525. The van der Waals surface area contributed by atoms with Crippen LogP contribution in [0, 0.1) is 6.92 Å². The van der Waals surface area contributed by atoms with Gasteiger partial charge < -0.3 is 4.74 Å². The fourth-order valence-corrected chi connectivity index (χ4v) is 2.81. The number of benzene rings is 1. The molecule has 0 spiro atoms. The van der Waals surface area contributed by atoms with Crippen LogP contribution in [0.4, 0.5) is 0 Å². The predicted molar refractivity (Wildman–Crippen MR) is 72.9 cm³/mol. The van der Waals surface area contributed by atoms with E-state index in [1.165, 1.54) is 11.1 Å². The second-order valence-electron chi connectivity index (χ2n) is 4.65. The van der Waals surface area contributed by atoms with Gasteiger partial charge in [0.25, 0.3) is 0 Å². The monoisotopic (exact) mass is 260 g/mol. The number of rotatable bonds is 2. The number of hydrogen-bond acceptors (Lipinski definition) is 4. The fourth-order valence-electron chi connectivity index (χ4n) is 2.26. The molecule has 0 aliphatic carbocycles. The summed E-state index contributed by atoms with van der Waals surface area (Å²) in [6, 6.07) is 6.40. The quantitative estimate of drug-likeness (QED) is 0.830. The summed E-state index contributed by atoms with van der Waals surface area (Å²) in [5.74, 6) is 1.03. The smallest absolute Gasteiger partial charge is 0.123 e. The number of thiazole rings is 1. The van der Waals surface area contributed by atoms with Crippen LogP contribution in [0.1, 0.15) is 16.8 Å². The SMILES string of the molecule is Cc1ccc2c(c1)CN(Cc1cscn1)CCO2. The van der Waals surface area contributed by atoms with Crippen LogP contribution in [0.15, 0.2) is 29.1 Å². The largest absolute Gasteiger partial charge is 0.492 e. The predicted octanol–water partition coefficient (Wildman–Crippen LogP) is 2.85. The first-order valence-corrected chi connectivity index (χ1v) is 7.07. The Labute approximate surface area is 111 Å². The number of hydrogen-bond donors (Lipinski definition) is 0. The van der Waals surface area contributed by atoms with Crippen molar-refractivity contribution < 1.29 is 4.74 Å². The number of ether oxygens (including phenoxy) is 1. The summed E-state index contributed by atoms with van der Waals surface area (Å²) in [4.78, 5) is 6.74. The highest BCUT2D eigenvalue weighted by atomic mass is 32.1. The number of fused-ring (bicyclic) bond motifs is 1. The normalized spacial score (nSPS) is 15.8. The third-order valence-electron chi connectivity index (χ3n) is 3.14. The van der Waals surface area contributed by atoms with Gasteiger partial charge in [-0.1, -0.05) is 17.7 Å². The van der Waals surface area contributed by atoms with E-state index in [0.29, 0.717) is 0 Å². The average Bonchev–Trinajstić information content (AvgIpc) is 2.76. The van der Waals surface area contributed by atoms with E-state index in [1.807, 2.05) is 5.51 Å². The van der Waals surface area contributed by atoms with Crippen LogP contribution in [0.3, 0.4) is 0 Å². The van der Waals surface area contributed by atoms with Gasteiger partial charge in [0.2, 0.25) is 0 Å². The summed E-state index contributed by atoms with van der Waals surface area (Å²) >= 11 is 1.65. The van der Waals surface area contributed by atoms with Crippen molar-refractivity contribution in [2.75, 3.05) is 13.2 Å². The van der Waals surface area contributed by atoms with E-state index in [2.05, 4.69) is 40.4 Å². The molecule has 1 aliphatic heterocycles. The zero-order chi connectivity index (χ0) is 12.4. The molecule has 4 heteroatoms. The number of nitrogens with zero attached hydrogens (tertiary/aromatic N) is 2. The molecule has 0 fully saturated rings. The molecule has 0 bridgehead atoms. The molecule has 0 saturated carbocycles. The second-order valence-corrected chi connectivity index (χ2v) is 5.37. The van der Waals surface area contributed by atoms with Gasteiger partial charge in [-0.05, 0) is 13.0 Å². The van der Waals surface area contributed by atoms with E-state index < -0.39 is 0 Å². The summed E-state index contributed by atoms with van der Waals surface area (Å²) in [5, 5.41) is 2.11. The minimum atomic E-state index is 0.750. The molecule has 1 aromatic heterocycles. The van der Waals surface area contributed by atoms with Gasteiger partial charge in [0, 0.05) is 30.6 Å². The Balaban J connectivity index is 1.79. The lowest BCUT2D eigenvalue weighted by Gasteiger charge is -2.17. The van der Waals surface area contributed by atoms with Gasteiger partial charge >= 0.3 is 0 Å². The topological polar surface area (TPSA) is 25.4 Å². The van der Waals surface area contributed by atoms with Crippen LogP contribution in [0.5, 0.6) is 5.75 Å². The lowest BCUT2D eigenvalue weighted by atomic mass is 10.1. The minimum Gasteiger partial charge on any atom is -0.492 e. The molecule has 3 nitrogen and oxygen atoms in total. The van der Waals surface area contributed by atoms with E-state index in [1.54, 1.807) is 11.3 Å². The Morgan fingerprint density at radius 3 is 3.22 bits per heavy atom. The molecule has 0 radical (unpaired) electrons. The lowest BCUT2D eigenvalue weighted by Crippen LogP contribution is -2.25. The van der Waals surface area contributed by atoms with Crippen LogP contribution in [0.2, 0.25) is 0 Å². The van der Waals surface area contributed by atoms with Gasteiger partial charge in [0.15, 0.2) is 0 Å². The lowest BCUT2D eigenvalue weighted by molar-refractivity contribution is 0.218. The van der Waals surface area contributed by atoms with Gasteiger partial charge in [-0.3, -0.25) is 4.90 Å². The minimum absolute atomic E-state index is 0.750. The van der Waals surface area contributed by atoms with E-state index in [9.17, 15) is 0 Å². The van der Waals surface area contributed by atoms with Gasteiger partial charge in [-0.25, -0.2) is 4.98 Å². The van der Waals surface area contributed by atoms with Crippen LogP contribution in [-0.4, -0.2) is 23.0 Å². The Morgan fingerprint density at radius 2 is 2.39 bits per heavy atom. The molecular weight excluding hydrogens is 244 g/mol. The third-order valence-corrected chi connectivity index (χ3v) is 3.78. The maximum Gasteiger partial charge on any atom is 0.123 e. The van der Waals surface area contributed by atoms with Crippen molar-refractivity contribution in [1.82, 2.24) is 9.88 Å². The number of aromatic nitrogens is 1. The van der Waals surface area contributed by atoms with Gasteiger partial charge in [-0.15, -0.1) is 11.3 Å². The maximum atomic E-state index is 5.79. The molecule has 3 rings (SSSR count). The van der Waals surface area contributed by atoms with E-state index in [-0.39, 0.29) is 0 Å². The van der Waals surface area contributed by atoms with Crippen molar-refractivity contribution >= 4 is 11.3 Å².